The Labute approximate surface area is 137 Å². The van der Waals surface area contributed by atoms with E-state index < -0.39 is 17.3 Å². The fourth-order valence-electron chi connectivity index (χ4n) is 4.47. The van der Waals surface area contributed by atoms with Gasteiger partial charge >= 0.3 is 0 Å². The number of halogens is 1. The Morgan fingerprint density at radius 3 is 2.58 bits per heavy atom. The molecule has 0 radical (unpaired) electrons. The van der Waals surface area contributed by atoms with Gasteiger partial charge in [0.15, 0.2) is 0 Å². The number of carbonyl (C=O) groups is 1. The number of nitrogens with two attached hydrogens (primary N) is 2. The van der Waals surface area contributed by atoms with Crippen molar-refractivity contribution in [1.29, 1.82) is 0 Å². The number of hydrogen-bond acceptors (Lipinski definition) is 4. The van der Waals surface area contributed by atoms with Gasteiger partial charge in [0.1, 0.15) is 11.5 Å². The first-order chi connectivity index (χ1) is 11.2. The summed E-state index contributed by atoms with van der Waals surface area (Å²) >= 11 is 0. The maximum Gasteiger partial charge on any atom is 0.261 e. The third kappa shape index (κ3) is 1.70. The molecule has 0 aromatic carbocycles. The Balaban J connectivity index is 1.92. The second kappa shape index (κ2) is 4.42. The molecule has 24 heavy (non-hydrogen) atoms. The summed E-state index contributed by atoms with van der Waals surface area (Å²) in [6, 6.07) is 0.863. The average molecular weight is 330 g/mol. The van der Waals surface area contributed by atoms with Gasteiger partial charge in [-0.05, 0) is 39.2 Å². The van der Waals surface area contributed by atoms with Gasteiger partial charge in [0.05, 0.1) is 11.1 Å². The predicted molar refractivity (Wildman–Crippen MR) is 85.9 cm³/mol. The molecule has 0 unspecified atom stereocenters. The summed E-state index contributed by atoms with van der Waals surface area (Å²) < 4.78 is 15.1. The van der Waals surface area contributed by atoms with Crippen molar-refractivity contribution in [2.75, 3.05) is 0 Å². The van der Waals surface area contributed by atoms with Crippen molar-refractivity contribution < 1.29 is 9.18 Å². The highest BCUT2D eigenvalue weighted by atomic mass is 19.1. The number of primary amides is 1. The zero-order valence-electron chi connectivity index (χ0n) is 13.6. The lowest BCUT2D eigenvalue weighted by Crippen LogP contribution is -2.70. The van der Waals surface area contributed by atoms with E-state index in [1.165, 1.54) is 10.5 Å². The van der Waals surface area contributed by atoms with Crippen LogP contribution in [0, 0.1) is 18.2 Å². The number of nitrogens with zero attached hydrogens (tertiary/aromatic N) is 2. The number of hydrogen-bond donors (Lipinski definition) is 2. The van der Waals surface area contributed by atoms with E-state index in [4.69, 9.17) is 11.5 Å². The van der Waals surface area contributed by atoms with Crippen molar-refractivity contribution in [3.8, 4) is 0 Å². The number of rotatable bonds is 3. The molecule has 7 heteroatoms. The number of aromatic nitrogens is 2. The normalized spacial score (nSPS) is 29.0. The third-order valence-electron chi connectivity index (χ3n) is 5.69. The second-order valence-electron chi connectivity index (χ2n) is 7.44. The lowest BCUT2D eigenvalue weighted by molar-refractivity contribution is -0.173. The standard InChI is InChI=1S/C17H19FN4O2/c1-8-12(16-5-17(6-16,7-16)15(20)24)21-13-11(9(2)19)3-10(18)4-22(13)14(8)23/h3-4,9H,5-7,19H2,1-2H3,(H2,20,24)/t9-,16?,17?/m1/s1. The number of fused-ring (bicyclic) bond motifs is 1. The van der Waals surface area contributed by atoms with Crippen molar-refractivity contribution in [2.24, 2.45) is 16.9 Å². The van der Waals surface area contributed by atoms with Crippen molar-refractivity contribution in [1.82, 2.24) is 9.38 Å². The molecule has 2 aromatic heterocycles. The number of pyridine rings is 1. The first kappa shape index (κ1) is 15.3. The highest BCUT2D eigenvalue weighted by molar-refractivity contribution is 5.86. The van der Waals surface area contributed by atoms with Crippen LogP contribution in [0.2, 0.25) is 0 Å². The Bertz CT molecular complexity index is 943. The Morgan fingerprint density at radius 2 is 2.04 bits per heavy atom. The van der Waals surface area contributed by atoms with Crippen LogP contribution in [0.3, 0.4) is 0 Å². The predicted octanol–water partition coefficient (Wildman–Crippen LogP) is 1.07. The molecular weight excluding hydrogens is 311 g/mol. The zero-order valence-corrected chi connectivity index (χ0v) is 13.6. The molecule has 2 bridgehead atoms. The molecule has 3 aliphatic carbocycles. The molecule has 1 atom stereocenters. The maximum absolute atomic E-state index is 13.8. The van der Waals surface area contributed by atoms with E-state index in [0.717, 1.165) is 6.20 Å². The van der Waals surface area contributed by atoms with Crippen LogP contribution in [0.25, 0.3) is 5.65 Å². The highest BCUT2D eigenvalue weighted by Crippen LogP contribution is 2.73. The summed E-state index contributed by atoms with van der Waals surface area (Å²) in [5.74, 6) is -0.804. The summed E-state index contributed by atoms with van der Waals surface area (Å²) in [5.41, 5.74) is 12.5. The molecule has 3 fully saturated rings. The molecule has 1 amide bonds. The summed E-state index contributed by atoms with van der Waals surface area (Å²) in [5, 5.41) is 0. The molecule has 5 rings (SSSR count). The largest absolute Gasteiger partial charge is 0.369 e. The van der Waals surface area contributed by atoms with Gasteiger partial charge < -0.3 is 11.5 Å². The lowest BCUT2D eigenvalue weighted by atomic mass is 9.33. The number of carbonyl (C=O) groups excluding carboxylic acids is 1. The van der Waals surface area contributed by atoms with Crippen molar-refractivity contribution in [2.45, 2.75) is 44.6 Å². The van der Waals surface area contributed by atoms with Gasteiger partial charge in [-0.25, -0.2) is 9.37 Å². The fourth-order valence-corrected chi connectivity index (χ4v) is 4.47. The molecule has 6 nitrogen and oxygen atoms in total. The molecule has 0 aliphatic heterocycles. The minimum atomic E-state index is -0.524. The average Bonchev–Trinajstić information content (AvgIpc) is 2.40. The smallest absolute Gasteiger partial charge is 0.261 e. The van der Waals surface area contributed by atoms with Gasteiger partial charge in [-0.2, -0.15) is 0 Å². The molecule has 4 N–H and O–H groups in total. The van der Waals surface area contributed by atoms with Crippen LogP contribution in [0.15, 0.2) is 17.1 Å². The van der Waals surface area contributed by atoms with E-state index >= 15 is 0 Å². The van der Waals surface area contributed by atoms with Crippen LogP contribution >= 0.6 is 0 Å². The molecule has 2 aromatic rings. The molecular formula is C17H19FN4O2. The first-order valence-electron chi connectivity index (χ1n) is 7.98. The van der Waals surface area contributed by atoms with Gasteiger partial charge in [0.25, 0.3) is 5.56 Å². The summed E-state index contributed by atoms with van der Waals surface area (Å²) in [6.45, 7) is 3.43. The summed E-state index contributed by atoms with van der Waals surface area (Å²) in [4.78, 5) is 28.9. The minimum absolute atomic E-state index is 0.253. The van der Waals surface area contributed by atoms with Crippen LogP contribution in [0.1, 0.15) is 49.0 Å². The lowest BCUT2D eigenvalue weighted by Gasteiger charge is -2.68. The van der Waals surface area contributed by atoms with Gasteiger partial charge in [-0.15, -0.1) is 0 Å². The van der Waals surface area contributed by atoms with E-state index in [0.29, 0.717) is 41.7 Å². The van der Waals surface area contributed by atoms with Gasteiger partial charge in [0.2, 0.25) is 5.91 Å². The Kier molecular flexibility index (Phi) is 2.81. The fraction of sp³-hybridized carbons (Fsp3) is 0.471. The van der Waals surface area contributed by atoms with Crippen molar-refractivity contribution in [3.05, 3.63) is 45.3 Å². The second-order valence-corrected chi connectivity index (χ2v) is 7.44. The van der Waals surface area contributed by atoms with Crippen LogP contribution in [-0.4, -0.2) is 15.3 Å². The van der Waals surface area contributed by atoms with Gasteiger partial charge in [0, 0.05) is 28.8 Å². The monoisotopic (exact) mass is 330 g/mol. The Hall–Kier alpha value is -2.28. The van der Waals surface area contributed by atoms with Crippen LogP contribution in [-0.2, 0) is 10.2 Å². The number of amides is 1. The van der Waals surface area contributed by atoms with Crippen molar-refractivity contribution in [3.63, 3.8) is 0 Å². The SMILES string of the molecule is Cc1c(C23CC(C(N)=O)(C2)C3)nc2c([C@@H](C)N)cc(F)cn2c1=O. The molecule has 2 heterocycles. The molecule has 0 spiro atoms. The van der Waals surface area contributed by atoms with Gasteiger partial charge in [-0.3, -0.25) is 14.0 Å². The van der Waals surface area contributed by atoms with Crippen LogP contribution in [0.4, 0.5) is 4.39 Å². The van der Waals surface area contributed by atoms with E-state index in [2.05, 4.69) is 4.98 Å². The van der Waals surface area contributed by atoms with Crippen molar-refractivity contribution >= 4 is 11.6 Å². The summed E-state index contributed by atoms with van der Waals surface area (Å²) in [7, 11) is 0. The Morgan fingerprint density at radius 1 is 1.42 bits per heavy atom. The van der Waals surface area contributed by atoms with Crippen LogP contribution < -0.4 is 17.0 Å². The van der Waals surface area contributed by atoms with E-state index in [1.807, 2.05) is 0 Å². The van der Waals surface area contributed by atoms with Crippen LogP contribution in [0.5, 0.6) is 0 Å². The molecule has 3 aliphatic rings. The summed E-state index contributed by atoms with van der Waals surface area (Å²) in [6.07, 6.45) is 3.04. The first-order valence-corrected chi connectivity index (χ1v) is 7.98. The highest BCUT2D eigenvalue weighted by Gasteiger charge is 2.72. The maximum atomic E-state index is 13.8. The molecule has 0 saturated heterocycles. The molecule has 3 saturated carbocycles. The topological polar surface area (TPSA) is 103 Å². The van der Waals surface area contributed by atoms with E-state index in [-0.39, 0.29) is 16.9 Å². The van der Waals surface area contributed by atoms with E-state index in [9.17, 15) is 14.0 Å². The molecule has 126 valence electrons. The third-order valence-corrected chi connectivity index (χ3v) is 5.69. The van der Waals surface area contributed by atoms with Gasteiger partial charge in [-0.1, -0.05) is 0 Å². The quantitative estimate of drug-likeness (QED) is 0.878. The minimum Gasteiger partial charge on any atom is -0.369 e. The zero-order chi connectivity index (χ0) is 17.4. The van der Waals surface area contributed by atoms with E-state index in [1.54, 1.807) is 13.8 Å².